The van der Waals surface area contributed by atoms with Crippen LogP contribution < -0.4 is 0 Å². The van der Waals surface area contributed by atoms with E-state index in [1.54, 1.807) is 4.90 Å². The fourth-order valence-electron chi connectivity index (χ4n) is 3.64. The summed E-state index contributed by atoms with van der Waals surface area (Å²) in [6, 6.07) is 11.3. The molecule has 2 aromatic carbocycles. The lowest BCUT2D eigenvalue weighted by molar-refractivity contribution is -0.137. The van der Waals surface area contributed by atoms with Crippen molar-refractivity contribution in [3.05, 3.63) is 59.7 Å². The van der Waals surface area contributed by atoms with E-state index in [0.29, 0.717) is 6.42 Å². The van der Waals surface area contributed by atoms with Gasteiger partial charge < -0.3 is 4.90 Å². The summed E-state index contributed by atoms with van der Waals surface area (Å²) >= 11 is 1.53. The van der Waals surface area contributed by atoms with Crippen LogP contribution in [0.2, 0.25) is 0 Å². The maximum absolute atomic E-state index is 12.9. The van der Waals surface area contributed by atoms with Crippen LogP contribution >= 0.6 is 11.8 Å². The molecule has 10 heteroatoms. The smallest absolute Gasteiger partial charge is 0.339 e. The lowest BCUT2D eigenvalue weighted by atomic mass is 10.1. The first-order chi connectivity index (χ1) is 14.2. The van der Waals surface area contributed by atoms with Crippen molar-refractivity contribution in [2.75, 3.05) is 26.2 Å². The first-order valence-electron chi connectivity index (χ1n) is 9.37. The van der Waals surface area contributed by atoms with Gasteiger partial charge in [0.1, 0.15) is 0 Å². The van der Waals surface area contributed by atoms with Crippen LogP contribution in [0.3, 0.4) is 0 Å². The van der Waals surface area contributed by atoms with Crippen LogP contribution in [-0.4, -0.2) is 55.0 Å². The van der Waals surface area contributed by atoms with Crippen molar-refractivity contribution < 1.29 is 26.4 Å². The monoisotopic (exact) mass is 456 g/mol. The van der Waals surface area contributed by atoms with Crippen LogP contribution in [0.1, 0.15) is 11.1 Å². The van der Waals surface area contributed by atoms with Gasteiger partial charge in [0, 0.05) is 31.1 Å². The van der Waals surface area contributed by atoms with Crippen LogP contribution in [0.25, 0.3) is 0 Å². The summed E-state index contributed by atoms with van der Waals surface area (Å²) in [5.74, 6) is -0.0113. The van der Waals surface area contributed by atoms with Gasteiger partial charge in [-0.1, -0.05) is 18.2 Å². The van der Waals surface area contributed by atoms with Crippen molar-refractivity contribution in [2.45, 2.75) is 27.6 Å². The molecule has 2 aliphatic rings. The number of amides is 1. The Kier molecular flexibility index (Phi) is 5.58. The fraction of sp³-hybridized carbons (Fsp3) is 0.350. The number of alkyl halides is 3. The summed E-state index contributed by atoms with van der Waals surface area (Å²) in [4.78, 5) is 15.4. The van der Waals surface area contributed by atoms with Gasteiger partial charge >= 0.3 is 6.18 Å². The Morgan fingerprint density at radius 3 is 2.20 bits per heavy atom. The van der Waals surface area contributed by atoms with Crippen molar-refractivity contribution in [1.29, 1.82) is 0 Å². The Balaban J connectivity index is 1.39. The van der Waals surface area contributed by atoms with Gasteiger partial charge in [0.25, 0.3) is 0 Å². The van der Waals surface area contributed by atoms with E-state index in [1.165, 1.54) is 16.1 Å². The number of piperazine rings is 1. The van der Waals surface area contributed by atoms with E-state index in [4.69, 9.17) is 0 Å². The highest BCUT2D eigenvalue weighted by Crippen LogP contribution is 2.38. The molecule has 160 valence electrons. The van der Waals surface area contributed by atoms with Gasteiger partial charge in [0.05, 0.1) is 15.7 Å². The number of thioether (sulfide) groups is 1. The Bertz CT molecular complexity index is 1020. The zero-order valence-corrected chi connectivity index (χ0v) is 17.4. The number of nitrogens with zero attached hydrogens (tertiary/aromatic N) is 2. The SMILES string of the molecule is O=C([C@@H]1Cc2ccccc2S1)N1CCN(S(=O)(=O)c2ccc(C(F)(F)F)cc2)CC1. The molecule has 0 bridgehead atoms. The van der Waals surface area contributed by atoms with Crippen molar-refractivity contribution >= 4 is 27.7 Å². The third-order valence-corrected chi connectivity index (χ3v) is 8.51. The van der Waals surface area contributed by atoms with Crippen molar-refractivity contribution in [2.24, 2.45) is 0 Å². The van der Waals surface area contributed by atoms with E-state index in [-0.39, 0.29) is 42.2 Å². The number of sulfonamides is 1. The zero-order valence-electron chi connectivity index (χ0n) is 15.8. The molecule has 0 radical (unpaired) electrons. The minimum absolute atomic E-state index is 0.0113. The third kappa shape index (κ3) is 4.08. The van der Waals surface area contributed by atoms with Crippen molar-refractivity contribution in [3.63, 3.8) is 0 Å². The van der Waals surface area contributed by atoms with Crippen molar-refractivity contribution in [3.8, 4) is 0 Å². The molecule has 2 aromatic rings. The Morgan fingerprint density at radius 2 is 1.60 bits per heavy atom. The molecule has 1 amide bonds. The highest BCUT2D eigenvalue weighted by atomic mass is 32.2. The average Bonchev–Trinajstić information content (AvgIpc) is 3.17. The lowest BCUT2D eigenvalue weighted by Crippen LogP contribution is -2.52. The summed E-state index contributed by atoms with van der Waals surface area (Å²) < 4.78 is 64.9. The summed E-state index contributed by atoms with van der Waals surface area (Å²) in [6.45, 7) is 0.733. The second kappa shape index (κ2) is 7.90. The van der Waals surface area contributed by atoms with E-state index in [1.807, 2.05) is 24.3 Å². The average molecular weight is 457 g/mol. The molecular weight excluding hydrogens is 437 g/mol. The van der Waals surface area contributed by atoms with Gasteiger partial charge in [-0.3, -0.25) is 4.79 Å². The molecule has 0 aromatic heterocycles. The second-order valence-corrected chi connectivity index (χ2v) is 10.4. The number of hydrogen-bond acceptors (Lipinski definition) is 4. The van der Waals surface area contributed by atoms with E-state index in [9.17, 15) is 26.4 Å². The Hall–Kier alpha value is -2.04. The van der Waals surface area contributed by atoms with Crippen LogP contribution in [0.15, 0.2) is 58.3 Å². The van der Waals surface area contributed by atoms with Crippen LogP contribution in [0, 0.1) is 0 Å². The zero-order chi connectivity index (χ0) is 21.5. The molecule has 0 N–H and O–H groups in total. The molecular formula is C20H19F3N2O3S2. The molecule has 2 heterocycles. The standard InChI is InChI=1S/C20H19F3N2O3S2/c21-20(22,23)15-5-7-16(8-6-15)30(27,28)25-11-9-24(10-12-25)19(26)18-13-14-3-1-2-4-17(14)29-18/h1-8,18H,9-13H2/t18-/m0/s1. The predicted octanol–water partition coefficient (Wildman–Crippen LogP) is 3.26. The van der Waals surface area contributed by atoms with Crippen LogP contribution in [-0.2, 0) is 27.4 Å². The topological polar surface area (TPSA) is 57.7 Å². The van der Waals surface area contributed by atoms with Gasteiger partial charge in [-0.05, 0) is 42.3 Å². The van der Waals surface area contributed by atoms with Gasteiger partial charge in [-0.2, -0.15) is 17.5 Å². The highest BCUT2D eigenvalue weighted by molar-refractivity contribution is 8.01. The number of rotatable bonds is 3. The molecule has 4 rings (SSSR count). The maximum Gasteiger partial charge on any atom is 0.416 e. The first-order valence-corrected chi connectivity index (χ1v) is 11.7. The number of halogens is 3. The minimum Gasteiger partial charge on any atom is -0.339 e. The summed E-state index contributed by atoms with van der Waals surface area (Å²) in [7, 11) is -3.91. The molecule has 2 aliphatic heterocycles. The van der Waals surface area contributed by atoms with Gasteiger partial charge in [-0.25, -0.2) is 8.42 Å². The van der Waals surface area contributed by atoms with E-state index in [0.717, 1.165) is 34.7 Å². The number of benzene rings is 2. The second-order valence-electron chi connectivity index (χ2n) is 7.17. The maximum atomic E-state index is 12.9. The summed E-state index contributed by atoms with van der Waals surface area (Å²) in [6.07, 6.45) is -3.87. The summed E-state index contributed by atoms with van der Waals surface area (Å²) in [5.41, 5.74) is 0.247. The van der Waals surface area contributed by atoms with E-state index < -0.39 is 21.8 Å². The van der Waals surface area contributed by atoms with E-state index in [2.05, 4.69) is 0 Å². The Labute approximate surface area is 176 Å². The molecule has 30 heavy (non-hydrogen) atoms. The van der Waals surface area contributed by atoms with Gasteiger partial charge in [0.15, 0.2) is 0 Å². The lowest BCUT2D eigenvalue weighted by Gasteiger charge is -2.35. The quantitative estimate of drug-likeness (QED) is 0.712. The third-order valence-electron chi connectivity index (χ3n) is 5.29. The van der Waals surface area contributed by atoms with Crippen molar-refractivity contribution in [1.82, 2.24) is 9.21 Å². The predicted molar refractivity (Wildman–Crippen MR) is 107 cm³/mol. The van der Waals surface area contributed by atoms with Gasteiger partial charge in [0.2, 0.25) is 15.9 Å². The molecule has 1 fully saturated rings. The number of carbonyl (C=O) groups excluding carboxylic acids is 1. The largest absolute Gasteiger partial charge is 0.416 e. The molecule has 0 unspecified atom stereocenters. The number of fused-ring (bicyclic) bond motifs is 1. The molecule has 0 aliphatic carbocycles. The molecule has 5 nitrogen and oxygen atoms in total. The molecule has 0 spiro atoms. The van der Waals surface area contributed by atoms with Crippen LogP contribution in [0.5, 0.6) is 0 Å². The number of hydrogen-bond donors (Lipinski definition) is 0. The Morgan fingerprint density at radius 1 is 0.967 bits per heavy atom. The molecule has 0 saturated carbocycles. The normalized spacial score (nSPS) is 20.2. The number of carbonyl (C=O) groups is 1. The molecule has 1 saturated heterocycles. The van der Waals surface area contributed by atoms with E-state index >= 15 is 0 Å². The van der Waals surface area contributed by atoms with Gasteiger partial charge in [-0.15, -0.1) is 11.8 Å². The first kappa shape index (κ1) is 21.2. The fourth-order valence-corrected chi connectivity index (χ4v) is 6.34. The summed E-state index contributed by atoms with van der Waals surface area (Å²) in [5, 5.41) is -0.208. The highest BCUT2D eigenvalue weighted by Gasteiger charge is 2.36. The van der Waals surface area contributed by atoms with Crippen LogP contribution in [0.4, 0.5) is 13.2 Å². The molecule has 1 atom stereocenters. The minimum atomic E-state index is -4.52.